The first-order valence-corrected chi connectivity index (χ1v) is 6.47. The van der Waals surface area contributed by atoms with Crippen LogP contribution in [0.15, 0.2) is 18.5 Å². The van der Waals surface area contributed by atoms with Gasteiger partial charge in [-0.15, -0.1) is 0 Å². The van der Waals surface area contributed by atoms with Gasteiger partial charge >= 0.3 is 6.18 Å². The molecule has 0 saturated carbocycles. The molecule has 1 aromatic heterocycles. The summed E-state index contributed by atoms with van der Waals surface area (Å²) in [6.45, 7) is 3.84. The van der Waals surface area contributed by atoms with Gasteiger partial charge in [0.15, 0.2) is 5.78 Å². The maximum Gasteiger partial charge on any atom is 0.417 e. The second-order valence-electron chi connectivity index (χ2n) is 4.56. The normalized spacial score (nSPS) is 11.9. The molecule has 19 heavy (non-hydrogen) atoms. The average Bonchev–Trinajstić information content (AvgIpc) is 2.37. The predicted octanol–water partition coefficient (Wildman–Crippen LogP) is 4.50. The van der Waals surface area contributed by atoms with Gasteiger partial charge in [0.25, 0.3) is 0 Å². The molecule has 106 valence electrons. The molecule has 0 fully saturated rings. The minimum absolute atomic E-state index is 0.304. The quantitative estimate of drug-likeness (QED) is 0.714. The summed E-state index contributed by atoms with van der Waals surface area (Å²) in [5, 5.41) is 0. The van der Waals surface area contributed by atoms with Gasteiger partial charge in [0.05, 0.1) is 5.56 Å². The summed E-state index contributed by atoms with van der Waals surface area (Å²) in [5.41, 5.74) is -1.19. The topological polar surface area (TPSA) is 30.0 Å². The van der Waals surface area contributed by atoms with Gasteiger partial charge in [-0.25, -0.2) is 0 Å². The van der Waals surface area contributed by atoms with E-state index in [1.165, 1.54) is 0 Å². The first kappa shape index (κ1) is 15.7. The van der Waals surface area contributed by atoms with E-state index in [0.29, 0.717) is 12.8 Å². The predicted molar refractivity (Wildman–Crippen MR) is 66.9 cm³/mol. The Morgan fingerprint density at radius 1 is 1.26 bits per heavy atom. The van der Waals surface area contributed by atoms with Crippen LogP contribution in [-0.2, 0) is 6.18 Å². The summed E-state index contributed by atoms with van der Waals surface area (Å²) >= 11 is 0. The number of nitrogens with zero attached hydrogens (tertiary/aromatic N) is 1. The summed E-state index contributed by atoms with van der Waals surface area (Å²) in [4.78, 5) is 15.9. The molecule has 0 radical (unpaired) electrons. The number of carbonyl (C=O) groups is 1. The number of hydrogen-bond acceptors (Lipinski definition) is 2. The third-order valence-electron chi connectivity index (χ3n) is 3.04. The molecule has 0 spiro atoms. The number of Topliss-reactive ketones (excluding diaryl/α,β-unsaturated/α-hetero) is 1. The number of halogens is 3. The number of aromatic nitrogens is 1. The van der Waals surface area contributed by atoms with Crippen LogP contribution in [0.4, 0.5) is 13.2 Å². The van der Waals surface area contributed by atoms with Crippen molar-refractivity contribution in [1.29, 1.82) is 0 Å². The highest BCUT2D eigenvalue weighted by atomic mass is 19.4. The smallest absolute Gasteiger partial charge is 0.294 e. The van der Waals surface area contributed by atoms with Crippen molar-refractivity contribution in [2.45, 2.75) is 45.7 Å². The van der Waals surface area contributed by atoms with Crippen molar-refractivity contribution in [2.24, 2.45) is 5.92 Å². The fourth-order valence-corrected chi connectivity index (χ4v) is 2.16. The zero-order valence-electron chi connectivity index (χ0n) is 11.1. The third-order valence-corrected chi connectivity index (χ3v) is 3.04. The molecule has 0 atom stereocenters. The van der Waals surface area contributed by atoms with Crippen molar-refractivity contribution in [3.8, 4) is 0 Å². The zero-order chi connectivity index (χ0) is 14.5. The standard InChI is InChI=1S/C14H18F3NO/c1-3-5-10(6-4-2)13(19)11-9-18-8-7-12(11)14(15,16)17/h7-10H,3-6H2,1-2H3. The number of pyridine rings is 1. The van der Waals surface area contributed by atoms with E-state index in [9.17, 15) is 18.0 Å². The van der Waals surface area contributed by atoms with Gasteiger partial charge < -0.3 is 0 Å². The van der Waals surface area contributed by atoms with Crippen LogP contribution in [0.5, 0.6) is 0 Å². The Hall–Kier alpha value is -1.39. The largest absolute Gasteiger partial charge is 0.417 e. The first-order valence-electron chi connectivity index (χ1n) is 6.47. The molecule has 0 aliphatic carbocycles. The molecule has 0 amide bonds. The summed E-state index contributed by atoms with van der Waals surface area (Å²) in [7, 11) is 0. The van der Waals surface area contributed by atoms with E-state index in [2.05, 4.69) is 4.98 Å². The Morgan fingerprint density at radius 2 is 1.84 bits per heavy atom. The lowest BCUT2D eigenvalue weighted by Crippen LogP contribution is -2.20. The van der Waals surface area contributed by atoms with Crippen LogP contribution in [0, 0.1) is 5.92 Å². The summed E-state index contributed by atoms with van der Waals surface area (Å²) in [6.07, 6.45) is 0.350. The van der Waals surface area contributed by atoms with Crippen molar-refractivity contribution in [3.05, 3.63) is 29.6 Å². The molecule has 0 unspecified atom stereocenters. The highest BCUT2D eigenvalue weighted by Crippen LogP contribution is 2.33. The van der Waals surface area contributed by atoms with Crippen molar-refractivity contribution in [1.82, 2.24) is 4.98 Å². The third kappa shape index (κ3) is 4.04. The Bertz CT molecular complexity index is 423. The lowest BCUT2D eigenvalue weighted by Gasteiger charge is -2.17. The number of hydrogen-bond donors (Lipinski definition) is 0. The van der Waals surface area contributed by atoms with Gasteiger partial charge in [0, 0.05) is 23.9 Å². The maximum absolute atomic E-state index is 12.9. The Kier molecular flexibility index (Phi) is 5.51. The van der Waals surface area contributed by atoms with Gasteiger partial charge in [-0.3, -0.25) is 9.78 Å². The number of rotatable bonds is 6. The van der Waals surface area contributed by atoms with Crippen LogP contribution in [-0.4, -0.2) is 10.8 Å². The average molecular weight is 273 g/mol. The molecular formula is C14H18F3NO. The molecule has 0 aliphatic rings. The molecule has 1 rings (SSSR count). The second-order valence-corrected chi connectivity index (χ2v) is 4.56. The lowest BCUT2D eigenvalue weighted by atomic mass is 9.88. The number of carbonyl (C=O) groups excluding carboxylic acids is 1. The lowest BCUT2D eigenvalue weighted by molar-refractivity contribution is -0.138. The van der Waals surface area contributed by atoms with E-state index < -0.39 is 17.5 Å². The Labute approximate surface area is 111 Å². The van der Waals surface area contributed by atoms with E-state index in [0.717, 1.165) is 31.3 Å². The van der Waals surface area contributed by atoms with Crippen LogP contribution in [0.3, 0.4) is 0 Å². The SMILES string of the molecule is CCCC(CCC)C(=O)c1cnccc1C(F)(F)F. The van der Waals surface area contributed by atoms with Crippen LogP contribution < -0.4 is 0 Å². The number of alkyl halides is 3. The molecule has 0 N–H and O–H groups in total. The van der Waals surface area contributed by atoms with E-state index in [-0.39, 0.29) is 11.5 Å². The van der Waals surface area contributed by atoms with E-state index >= 15 is 0 Å². The van der Waals surface area contributed by atoms with E-state index in [1.807, 2.05) is 13.8 Å². The minimum atomic E-state index is -4.52. The summed E-state index contributed by atoms with van der Waals surface area (Å²) < 4.78 is 38.6. The van der Waals surface area contributed by atoms with E-state index in [1.54, 1.807) is 0 Å². The summed E-state index contributed by atoms with van der Waals surface area (Å²) in [5.74, 6) is -0.788. The van der Waals surface area contributed by atoms with Crippen molar-refractivity contribution in [3.63, 3.8) is 0 Å². The Balaban J connectivity index is 3.11. The molecule has 0 aromatic carbocycles. The van der Waals surface area contributed by atoms with Gasteiger partial charge in [0.2, 0.25) is 0 Å². The van der Waals surface area contributed by atoms with Crippen LogP contribution in [0.1, 0.15) is 55.5 Å². The highest BCUT2D eigenvalue weighted by Gasteiger charge is 2.36. The monoisotopic (exact) mass is 273 g/mol. The van der Waals surface area contributed by atoms with Crippen molar-refractivity contribution < 1.29 is 18.0 Å². The fourth-order valence-electron chi connectivity index (χ4n) is 2.16. The molecular weight excluding hydrogens is 255 g/mol. The van der Waals surface area contributed by atoms with Crippen molar-refractivity contribution >= 4 is 5.78 Å². The van der Waals surface area contributed by atoms with Gasteiger partial charge in [-0.05, 0) is 18.9 Å². The van der Waals surface area contributed by atoms with E-state index in [4.69, 9.17) is 0 Å². The fraction of sp³-hybridized carbons (Fsp3) is 0.571. The van der Waals surface area contributed by atoms with Crippen LogP contribution >= 0.6 is 0 Å². The van der Waals surface area contributed by atoms with Gasteiger partial charge in [0.1, 0.15) is 0 Å². The molecule has 0 bridgehead atoms. The summed E-state index contributed by atoms with van der Waals surface area (Å²) in [6, 6.07) is 0.863. The second kappa shape index (κ2) is 6.68. The first-order chi connectivity index (χ1) is 8.91. The van der Waals surface area contributed by atoms with Crippen molar-refractivity contribution in [2.75, 3.05) is 0 Å². The van der Waals surface area contributed by atoms with Crippen LogP contribution in [0.25, 0.3) is 0 Å². The van der Waals surface area contributed by atoms with Crippen LogP contribution in [0.2, 0.25) is 0 Å². The van der Waals surface area contributed by atoms with Gasteiger partial charge in [-0.2, -0.15) is 13.2 Å². The van der Waals surface area contributed by atoms with Gasteiger partial charge in [-0.1, -0.05) is 26.7 Å². The molecule has 0 aliphatic heterocycles. The molecule has 1 heterocycles. The number of ketones is 1. The minimum Gasteiger partial charge on any atom is -0.294 e. The molecule has 2 nitrogen and oxygen atoms in total. The Morgan fingerprint density at radius 3 is 2.32 bits per heavy atom. The molecule has 1 aromatic rings. The maximum atomic E-state index is 12.9. The zero-order valence-corrected chi connectivity index (χ0v) is 11.1. The highest BCUT2D eigenvalue weighted by molar-refractivity contribution is 5.99. The molecule has 5 heteroatoms. The molecule has 0 saturated heterocycles.